The second-order valence-corrected chi connectivity index (χ2v) is 8.50. The number of hydrogen-bond acceptors (Lipinski definition) is 5. The summed E-state index contributed by atoms with van der Waals surface area (Å²) in [6, 6.07) is 2.04. The van der Waals surface area contributed by atoms with Gasteiger partial charge in [0.05, 0.1) is 12.5 Å². The fraction of sp³-hybridized carbons (Fsp3) is 0.632. The summed E-state index contributed by atoms with van der Waals surface area (Å²) < 4.78 is 46.0. The summed E-state index contributed by atoms with van der Waals surface area (Å²) in [7, 11) is 0. The van der Waals surface area contributed by atoms with Gasteiger partial charge in [-0.25, -0.2) is 4.52 Å². The fourth-order valence-corrected chi connectivity index (χ4v) is 5.82. The maximum absolute atomic E-state index is 13.3. The van der Waals surface area contributed by atoms with Crippen LogP contribution in [0.15, 0.2) is 12.1 Å². The lowest BCUT2D eigenvalue weighted by molar-refractivity contribution is -0.155. The van der Waals surface area contributed by atoms with Crippen LogP contribution in [0.3, 0.4) is 0 Å². The van der Waals surface area contributed by atoms with Gasteiger partial charge in [-0.1, -0.05) is 0 Å². The molecule has 4 saturated carbocycles. The molecule has 2 unspecified atom stereocenters. The van der Waals surface area contributed by atoms with Crippen molar-refractivity contribution in [1.82, 2.24) is 14.6 Å². The maximum atomic E-state index is 13.3. The summed E-state index contributed by atoms with van der Waals surface area (Å²) in [5.41, 5.74) is -0.743. The van der Waals surface area contributed by atoms with E-state index in [-0.39, 0.29) is 46.4 Å². The van der Waals surface area contributed by atoms with Gasteiger partial charge in [-0.05, 0) is 73.6 Å². The largest absolute Gasteiger partial charge is 0.466 e. The molecule has 0 aliphatic heterocycles. The molecule has 2 heterocycles. The molecule has 1 N–H and O–H groups in total. The molecule has 10 heteroatoms. The normalized spacial score (nSPS) is 32.9. The number of hydrogen-bond donors (Lipinski definition) is 1. The van der Waals surface area contributed by atoms with Crippen molar-refractivity contribution in [3.63, 3.8) is 0 Å². The Labute approximate surface area is 169 Å². The number of nitrogens with zero attached hydrogens (tertiary/aromatic N) is 3. The van der Waals surface area contributed by atoms with Crippen LogP contribution in [0.5, 0.6) is 0 Å². The highest BCUT2D eigenvalue weighted by Crippen LogP contribution is 2.64. The van der Waals surface area contributed by atoms with Crippen LogP contribution >= 0.6 is 11.6 Å². The van der Waals surface area contributed by atoms with Gasteiger partial charge in [0.2, 0.25) is 5.28 Å². The molecule has 0 amide bonds. The summed E-state index contributed by atoms with van der Waals surface area (Å²) >= 11 is 5.94. The van der Waals surface area contributed by atoms with E-state index in [0.29, 0.717) is 18.4 Å². The van der Waals surface area contributed by atoms with E-state index in [1.807, 2.05) is 0 Å². The van der Waals surface area contributed by atoms with Crippen LogP contribution in [0.1, 0.15) is 31.9 Å². The molecule has 6 rings (SSSR count). The van der Waals surface area contributed by atoms with E-state index >= 15 is 0 Å². The van der Waals surface area contributed by atoms with Crippen LogP contribution in [0.4, 0.5) is 19.0 Å². The number of esters is 1. The summed E-state index contributed by atoms with van der Waals surface area (Å²) in [4.78, 5) is 16.9. The Balaban J connectivity index is 1.54. The van der Waals surface area contributed by atoms with Crippen LogP contribution in [0, 0.1) is 29.6 Å². The van der Waals surface area contributed by atoms with Crippen molar-refractivity contribution in [2.24, 2.45) is 29.6 Å². The monoisotopic (exact) mass is 428 g/mol. The van der Waals surface area contributed by atoms with Gasteiger partial charge in [-0.2, -0.15) is 18.2 Å². The molecule has 0 spiro atoms. The van der Waals surface area contributed by atoms with Gasteiger partial charge >= 0.3 is 12.1 Å². The average Bonchev–Trinajstić information content (AvgIpc) is 3.35. The molecule has 6 atom stereocenters. The lowest BCUT2D eigenvalue weighted by Gasteiger charge is -2.47. The zero-order valence-corrected chi connectivity index (χ0v) is 16.4. The summed E-state index contributed by atoms with van der Waals surface area (Å²) in [5.74, 6) is 1.26. The Morgan fingerprint density at radius 1 is 1.28 bits per heavy atom. The molecular formula is C19H20ClF3N4O2. The highest BCUT2D eigenvalue weighted by atomic mass is 35.5. The molecule has 0 saturated heterocycles. The van der Waals surface area contributed by atoms with Gasteiger partial charge < -0.3 is 10.1 Å². The molecule has 0 aromatic carbocycles. The Morgan fingerprint density at radius 3 is 2.72 bits per heavy atom. The first-order chi connectivity index (χ1) is 13.8. The number of carbonyl (C=O) groups is 1. The smallest absolute Gasteiger partial charge is 0.433 e. The minimum absolute atomic E-state index is 0.179. The van der Waals surface area contributed by atoms with E-state index in [0.717, 1.165) is 29.8 Å². The van der Waals surface area contributed by atoms with E-state index in [2.05, 4.69) is 15.4 Å². The van der Waals surface area contributed by atoms with Crippen LogP contribution in [-0.4, -0.2) is 33.2 Å². The first kappa shape index (κ1) is 19.0. The lowest BCUT2D eigenvalue weighted by atomic mass is 9.61. The van der Waals surface area contributed by atoms with Crippen molar-refractivity contribution in [2.45, 2.75) is 38.4 Å². The minimum atomic E-state index is -4.57. The number of halogens is 4. The van der Waals surface area contributed by atoms with Crippen molar-refractivity contribution < 1.29 is 22.7 Å². The number of ether oxygens (including phenoxy) is 1. The van der Waals surface area contributed by atoms with E-state index < -0.39 is 11.9 Å². The topological polar surface area (TPSA) is 68.5 Å². The predicted molar refractivity (Wildman–Crippen MR) is 98.3 cm³/mol. The highest BCUT2D eigenvalue weighted by molar-refractivity contribution is 6.28. The third-order valence-electron chi connectivity index (χ3n) is 6.77. The van der Waals surface area contributed by atoms with E-state index in [4.69, 9.17) is 16.3 Å². The zero-order chi connectivity index (χ0) is 20.5. The lowest BCUT2D eigenvalue weighted by Crippen LogP contribution is -2.53. The maximum Gasteiger partial charge on any atom is 0.433 e. The third-order valence-corrected chi connectivity index (χ3v) is 6.93. The summed E-state index contributed by atoms with van der Waals surface area (Å²) in [6.07, 6.45) is -1.49. The van der Waals surface area contributed by atoms with Crippen LogP contribution in [-0.2, 0) is 15.7 Å². The molecule has 156 valence electrons. The molecule has 29 heavy (non-hydrogen) atoms. The van der Waals surface area contributed by atoms with Crippen LogP contribution in [0.2, 0.25) is 5.28 Å². The molecule has 4 fully saturated rings. The van der Waals surface area contributed by atoms with Gasteiger partial charge in [-0.15, -0.1) is 5.10 Å². The Bertz CT molecular complexity index is 978. The van der Waals surface area contributed by atoms with Gasteiger partial charge in [0.1, 0.15) is 11.2 Å². The zero-order valence-electron chi connectivity index (χ0n) is 15.6. The molecule has 4 aliphatic carbocycles. The quantitative estimate of drug-likeness (QED) is 0.744. The summed E-state index contributed by atoms with van der Waals surface area (Å²) in [5, 5.41) is 6.72. The van der Waals surface area contributed by atoms with Crippen LogP contribution in [0.25, 0.3) is 5.52 Å². The van der Waals surface area contributed by atoms with Gasteiger partial charge in [0, 0.05) is 6.04 Å². The number of fused-ring (bicyclic) bond motifs is 3. The molecule has 4 aliphatic rings. The number of aromatic nitrogens is 3. The Hall–Kier alpha value is -2.03. The van der Waals surface area contributed by atoms with E-state index in [9.17, 15) is 18.0 Å². The fourth-order valence-electron chi connectivity index (χ4n) is 5.66. The average molecular weight is 429 g/mol. The SMILES string of the molecule is CCOC(=O)[C@H]1[C@H](Nc2nc(Cl)nn3c(C(F)(F)F)ccc23)[C@@H]2CC[C@H]1C1CC12. The summed E-state index contributed by atoms with van der Waals surface area (Å²) in [6.45, 7) is 2.07. The Morgan fingerprint density at radius 2 is 2.00 bits per heavy atom. The predicted octanol–water partition coefficient (Wildman–Crippen LogP) is 4.04. The first-order valence-electron chi connectivity index (χ1n) is 9.85. The number of nitrogens with one attached hydrogen (secondary N) is 1. The molecule has 6 nitrogen and oxygen atoms in total. The molecule has 2 aromatic heterocycles. The molecule has 0 radical (unpaired) electrons. The number of rotatable bonds is 4. The van der Waals surface area contributed by atoms with Crippen molar-refractivity contribution in [2.75, 3.05) is 11.9 Å². The Kier molecular flexibility index (Phi) is 4.24. The standard InChI is InChI=1S/C19H20ClF3N4O2/c1-2-29-17(28)14-8-3-4-9(11-7-10(8)11)15(14)24-16-12-5-6-13(19(21,22)23)27(12)26-18(20)25-16/h5-6,8-11,14-15H,2-4,7H2,1H3,(H,24,25,26)/t8-,9+,10?,11?,14+,15+/m0/s1. The van der Waals surface area contributed by atoms with Gasteiger partial charge in [0.15, 0.2) is 5.82 Å². The van der Waals surface area contributed by atoms with Crippen molar-refractivity contribution in [3.05, 3.63) is 23.1 Å². The van der Waals surface area contributed by atoms with Crippen molar-refractivity contribution in [1.29, 1.82) is 0 Å². The highest BCUT2D eigenvalue weighted by Gasteiger charge is 2.63. The van der Waals surface area contributed by atoms with E-state index in [1.54, 1.807) is 6.92 Å². The van der Waals surface area contributed by atoms with Crippen LogP contribution < -0.4 is 5.32 Å². The van der Waals surface area contributed by atoms with Crippen molar-refractivity contribution >= 4 is 28.9 Å². The number of anilines is 1. The minimum Gasteiger partial charge on any atom is -0.466 e. The molecule has 2 bridgehead atoms. The van der Waals surface area contributed by atoms with Crippen molar-refractivity contribution in [3.8, 4) is 0 Å². The second-order valence-electron chi connectivity index (χ2n) is 8.16. The number of carbonyl (C=O) groups excluding carboxylic acids is 1. The number of alkyl halides is 3. The van der Waals surface area contributed by atoms with Gasteiger partial charge in [-0.3, -0.25) is 4.79 Å². The van der Waals surface area contributed by atoms with E-state index in [1.165, 1.54) is 6.07 Å². The first-order valence-corrected chi connectivity index (χ1v) is 10.2. The second kappa shape index (κ2) is 6.48. The van der Waals surface area contributed by atoms with Gasteiger partial charge in [0.25, 0.3) is 0 Å². The molecular weight excluding hydrogens is 409 g/mol. The third kappa shape index (κ3) is 2.96. The molecule has 2 aromatic rings.